The molecule has 2 heterocycles. The molecule has 0 aromatic heterocycles. The summed E-state index contributed by atoms with van der Waals surface area (Å²) in [5.74, 6) is -0.617. The van der Waals surface area contributed by atoms with Gasteiger partial charge in [0, 0.05) is 25.6 Å². The van der Waals surface area contributed by atoms with Gasteiger partial charge in [0.2, 0.25) is 0 Å². The van der Waals surface area contributed by atoms with Crippen molar-refractivity contribution in [1.82, 2.24) is 10.2 Å². The summed E-state index contributed by atoms with van der Waals surface area (Å²) in [6.07, 6.45) is 1.94. The molecule has 2 aliphatic rings. The number of benzene rings is 1. The fourth-order valence-corrected chi connectivity index (χ4v) is 3.46. The van der Waals surface area contributed by atoms with Crippen molar-refractivity contribution in [1.29, 1.82) is 0 Å². The second kappa shape index (κ2) is 7.07. The summed E-state index contributed by atoms with van der Waals surface area (Å²) in [7, 11) is 0. The molecule has 0 saturated carbocycles. The largest absolute Gasteiger partial charge is 0.347 e. The third-order valence-corrected chi connectivity index (χ3v) is 4.98. The van der Waals surface area contributed by atoms with Crippen LogP contribution in [0.4, 0.5) is 9.18 Å². The molecule has 1 N–H and O–H groups in total. The lowest BCUT2D eigenvalue weighted by atomic mass is 9.90. The number of carbonyl (C=O) groups excluding carboxylic acids is 1. The maximum Gasteiger partial charge on any atom is 0.317 e. The number of ether oxygens (including phenoxy) is 2. The minimum atomic E-state index is -0.576. The number of halogens is 1. The molecule has 1 atom stereocenters. The first-order chi connectivity index (χ1) is 11.5. The molecule has 3 rings (SSSR count). The number of aryl methyl sites for hydroxylation is 1. The van der Waals surface area contributed by atoms with Crippen molar-refractivity contribution in [2.45, 2.75) is 39.0 Å². The molecular formula is C18H25FN2O3. The molecular weight excluding hydrogens is 311 g/mol. The summed E-state index contributed by atoms with van der Waals surface area (Å²) in [6.45, 7) is 6.68. The standard InChI is InChI=1S/C18H25FN2O3/c1-13-10-14(5-6-16(13)19)11-20-17(22)21-7-3-4-15(12-21)18(2)23-8-9-24-18/h5-6,10,15H,3-4,7-9,11-12H2,1-2H3,(H,20,22). The lowest BCUT2D eigenvalue weighted by molar-refractivity contribution is -0.189. The highest BCUT2D eigenvalue weighted by Gasteiger charge is 2.42. The van der Waals surface area contributed by atoms with Crippen LogP contribution in [0.25, 0.3) is 0 Å². The Hall–Kier alpha value is -1.66. The first-order valence-corrected chi connectivity index (χ1v) is 8.54. The number of hydrogen-bond donors (Lipinski definition) is 1. The van der Waals surface area contributed by atoms with Gasteiger partial charge in [0.1, 0.15) is 5.82 Å². The van der Waals surface area contributed by atoms with E-state index in [0.717, 1.165) is 24.9 Å². The van der Waals surface area contributed by atoms with Crippen LogP contribution in [0.15, 0.2) is 18.2 Å². The quantitative estimate of drug-likeness (QED) is 0.923. The Bertz CT molecular complexity index is 602. The van der Waals surface area contributed by atoms with Crippen LogP contribution in [0.5, 0.6) is 0 Å². The van der Waals surface area contributed by atoms with Gasteiger partial charge in [0.25, 0.3) is 0 Å². The molecule has 2 saturated heterocycles. The first-order valence-electron chi connectivity index (χ1n) is 8.54. The first kappa shape index (κ1) is 17.2. The monoisotopic (exact) mass is 336 g/mol. The van der Waals surface area contributed by atoms with Gasteiger partial charge in [-0.25, -0.2) is 9.18 Å². The van der Waals surface area contributed by atoms with Crippen LogP contribution in [0.2, 0.25) is 0 Å². The maximum absolute atomic E-state index is 13.3. The summed E-state index contributed by atoms with van der Waals surface area (Å²) in [4.78, 5) is 14.3. The van der Waals surface area contributed by atoms with Crippen molar-refractivity contribution < 1.29 is 18.7 Å². The van der Waals surface area contributed by atoms with Gasteiger partial charge in [-0.3, -0.25) is 0 Å². The molecule has 1 aromatic carbocycles. The van der Waals surface area contributed by atoms with E-state index in [-0.39, 0.29) is 17.8 Å². The third-order valence-electron chi connectivity index (χ3n) is 4.98. The van der Waals surface area contributed by atoms with Crippen molar-refractivity contribution in [3.05, 3.63) is 35.1 Å². The topological polar surface area (TPSA) is 50.8 Å². The van der Waals surface area contributed by atoms with Crippen molar-refractivity contribution in [3.8, 4) is 0 Å². The number of urea groups is 1. The average molecular weight is 336 g/mol. The number of nitrogens with zero attached hydrogens (tertiary/aromatic N) is 1. The summed E-state index contributed by atoms with van der Waals surface area (Å²) < 4.78 is 24.8. The Labute approximate surface area is 142 Å². The normalized spacial score (nSPS) is 23.3. The Morgan fingerprint density at radius 1 is 1.42 bits per heavy atom. The highest BCUT2D eigenvalue weighted by Crippen LogP contribution is 2.34. The highest BCUT2D eigenvalue weighted by molar-refractivity contribution is 5.74. The van der Waals surface area contributed by atoms with E-state index in [1.807, 2.05) is 11.8 Å². The predicted molar refractivity (Wildman–Crippen MR) is 88.0 cm³/mol. The molecule has 24 heavy (non-hydrogen) atoms. The Kier molecular flexibility index (Phi) is 5.06. The second-order valence-electron chi connectivity index (χ2n) is 6.74. The third kappa shape index (κ3) is 3.70. The van der Waals surface area contributed by atoms with Crippen LogP contribution >= 0.6 is 0 Å². The van der Waals surface area contributed by atoms with Gasteiger partial charge >= 0.3 is 6.03 Å². The number of likely N-dealkylation sites (tertiary alicyclic amines) is 1. The number of carbonyl (C=O) groups is 1. The molecule has 0 bridgehead atoms. The number of piperidine rings is 1. The van der Waals surface area contributed by atoms with E-state index in [0.29, 0.717) is 31.9 Å². The summed E-state index contributed by atoms with van der Waals surface area (Å²) >= 11 is 0. The van der Waals surface area contributed by atoms with E-state index in [1.165, 1.54) is 6.07 Å². The smallest absolute Gasteiger partial charge is 0.317 e. The summed E-state index contributed by atoms with van der Waals surface area (Å²) in [5.41, 5.74) is 1.48. The zero-order valence-electron chi connectivity index (χ0n) is 14.3. The summed E-state index contributed by atoms with van der Waals surface area (Å²) in [5, 5.41) is 2.92. The molecule has 1 aromatic rings. The van der Waals surface area contributed by atoms with Gasteiger partial charge in [-0.15, -0.1) is 0 Å². The van der Waals surface area contributed by atoms with Crippen molar-refractivity contribution in [2.75, 3.05) is 26.3 Å². The van der Waals surface area contributed by atoms with Crippen molar-refractivity contribution in [2.24, 2.45) is 5.92 Å². The zero-order valence-corrected chi connectivity index (χ0v) is 14.3. The van der Waals surface area contributed by atoms with Gasteiger partial charge in [0.15, 0.2) is 5.79 Å². The Balaban J connectivity index is 1.55. The second-order valence-corrected chi connectivity index (χ2v) is 6.74. The lowest BCUT2D eigenvalue weighted by Gasteiger charge is -2.39. The molecule has 2 fully saturated rings. The van der Waals surface area contributed by atoms with Crippen molar-refractivity contribution in [3.63, 3.8) is 0 Å². The van der Waals surface area contributed by atoms with E-state index < -0.39 is 5.79 Å². The minimum absolute atomic E-state index is 0.0942. The molecule has 0 aliphatic carbocycles. The lowest BCUT2D eigenvalue weighted by Crippen LogP contribution is -2.51. The van der Waals surface area contributed by atoms with Crippen LogP contribution in [0, 0.1) is 18.7 Å². The molecule has 5 nitrogen and oxygen atoms in total. The van der Waals surface area contributed by atoms with Gasteiger partial charge < -0.3 is 19.7 Å². The molecule has 132 valence electrons. The minimum Gasteiger partial charge on any atom is -0.347 e. The average Bonchev–Trinajstić information content (AvgIpc) is 3.04. The predicted octanol–water partition coefficient (Wildman–Crippen LogP) is 2.82. The van der Waals surface area contributed by atoms with Crippen LogP contribution < -0.4 is 5.32 Å². The van der Waals surface area contributed by atoms with Crippen LogP contribution in [-0.4, -0.2) is 43.0 Å². The number of amides is 2. The van der Waals surface area contributed by atoms with Gasteiger partial charge in [-0.05, 0) is 43.9 Å². The molecule has 2 amide bonds. The van der Waals surface area contributed by atoms with E-state index in [9.17, 15) is 9.18 Å². The van der Waals surface area contributed by atoms with E-state index in [4.69, 9.17) is 9.47 Å². The number of hydrogen-bond acceptors (Lipinski definition) is 3. The van der Waals surface area contributed by atoms with Gasteiger partial charge in [-0.1, -0.05) is 12.1 Å². The van der Waals surface area contributed by atoms with Crippen LogP contribution in [-0.2, 0) is 16.0 Å². The zero-order chi connectivity index (χ0) is 17.2. The number of nitrogens with one attached hydrogen (secondary N) is 1. The van der Waals surface area contributed by atoms with Gasteiger partial charge in [0.05, 0.1) is 13.2 Å². The maximum atomic E-state index is 13.3. The van der Waals surface area contributed by atoms with Gasteiger partial charge in [-0.2, -0.15) is 0 Å². The van der Waals surface area contributed by atoms with E-state index >= 15 is 0 Å². The van der Waals surface area contributed by atoms with Crippen LogP contribution in [0.3, 0.4) is 0 Å². The molecule has 0 spiro atoms. The molecule has 1 unspecified atom stereocenters. The Morgan fingerprint density at radius 2 is 2.17 bits per heavy atom. The highest BCUT2D eigenvalue weighted by atomic mass is 19.1. The van der Waals surface area contributed by atoms with E-state index in [1.54, 1.807) is 19.1 Å². The SMILES string of the molecule is Cc1cc(CNC(=O)N2CCCC(C3(C)OCCO3)C2)ccc1F. The Morgan fingerprint density at radius 3 is 2.88 bits per heavy atom. The fourth-order valence-electron chi connectivity index (χ4n) is 3.46. The molecule has 6 heteroatoms. The molecule has 2 aliphatic heterocycles. The number of rotatable bonds is 3. The molecule has 0 radical (unpaired) electrons. The summed E-state index contributed by atoms with van der Waals surface area (Å²) in [6, 6.07) is 4.80. The van der Waals surface area contributed by atoms with Crippen LogP contribution in [0.1, 0.15) is 30.9 Å². The van der Waals surface area contributed by atoms with E-state index in [2.05, 4.69) is 5.32 Å². The van der Waals surface area contributed by atoms with Crippen molar-refractivity contribution >= 4 is 6.03 Å². The fraction of sp³-hybridized carbons (Fsp3) is 0.611.